The number of nitrogens with one attached hydrogen (secondary N) is 1. The summed E-state index contributed by atoms with van der Waals surface area (Å²) in [4.78, 5) is 28.4. The number of para-hydroxylation sites is 1. The topological polar surface area (TPSA) is 62.6 Å². The van der Waals surface area contributed by atoms with Crippen LogP contribution in [0.4, 0.5) is 5.69 Å². The van der Waals surface area contributed by atoms with Crippen LogP contribution in [0, 0.1) is 6.92 Å². The van der Waals surface area contributed by atoms with Gasteiger partial charge in [-0.2, -0.15) is 0 Å². The lowest BCUT2D eigenvalue weighted by atomic mass is 9.93. The van der Waals surface area contributed by atoms with E-state index in [1.165, 1.54) is 0 Å². The van der Waals surface area contributed by atoms with Crippen molar-refractivity contribution in [2.45, 2.75) is 19.9 Å². The number of rotatable bonds is 3. The van der Waals surface area contributed by atoms with Crippen LogP contribution in [0.25, 0.3) is 21.9 Å². The number of aryl methyl sites for hydroxylation is 1. The van der Waals surface area contributed by atoms with Gasteiger partial charge in [0, 0.05) is 45.1 Å². The monoisotopic (exact) mass is 538 g/mol. The zero-order valence-electron chi connectivity index (χ0n) is 19.7. The lowest BCUT2D eigenvalue weighted by Gasteiger charge is -2.30. The number of benzene rings is 4. The average Bonchev–Trinajstić information content (AvgIpc) is 3.25. The lowest BCUT2D eigenvalue weighted by Crippen LogP contribution is -2.37. The third kappa shape index (κ3) is 3.97. The highest BCUT2D eigenvalue weighted by Gasteiger charge is 2.26. The van der Waals surface area contributed by atoms with Gasteiger partial charge >= 0.3 is 0 Å². The average molecular weight is 539 g/mol. The minimum Gasteiger partial charge on any atom is -0.456 e. The number of halogens is 1. The maximum absolute atomic E-state index is 13.3. The fraction of sp³-hybridized carbons (Fsp3) is 0.133. The lowest BCUT2D eigenvalue weighted by molar-refractivity contribution is 0.0734. The number of carbonyl (C=O) groups is 2. The van der Waals surface area contributed by atoms with Crippen molar-refractivity contribution in [3.05, 3.63) is 111 Å². The minimum absolute atomic E-state index is 0.0149. The van der Waals surface area contributed by atoms with E-state index >= 15 is 0 Å². The summed E-state index contributed by atoms with van der Waals surface area (Å²) in [5.41, 5.74) is 6.64. The molecule has 36 heavy (non-hydrogen) atoms. The molecule has 178 valence electrons. The van der Waals surface area contributed by atoms with Gasteiger partial charge in [0.2, 0.25) is 0 Å². The molecule has 6 heteroatoms. The molecule has 2 amide bonds. The Hall–Kier alpha value is -3.90. The maximum Gasteiger partial charge on any atom is 0.255 e. The summed E-state index contributed by atoms with van der Waals surface area (Å²) in [5, 5.41) is 5.05. The molecular formula is C30H23BrN2O3. The van der Waals surface area contributed by atoms with Crippen LogP contribution in [0.15, 0.2) is 87.8 Å². The van der Waals surface area contributed by atoms with Gasteiger partial charge < -0.3 is 14.6 Å². The summed E-state index contributed by atoms with van der Waals surface area (Å²) in [7, 11) is 0. The highest BCUT2D eigenvalue weighted by atomic mass is 79.9. The Labute approximate surface area is 216 Å². The molecule has 2 heterocycles. The van der Waals surface area contributed by atoms with Crippen LogP contribution in [0.1, 0.15) is 37.4 Å². The summed E-state index contributed by atoms with van der Waals surface area (Å²) >= 11 is 3.46. The molecule has 6 rings (SSSR count). The molecule has 1 aromatic heterocycles. The van der Waals surface area contributed by atoms with Crippen molar-refractivity contribution in [1.82, 2.24) is 4.90 Å². The van der Waals surface area contributed by atoms with Crippen LogP contribution >= 0.6 is 15.9 Å². The number of fused-ring (bicyclic) bond motifs is 4. The number of carbonyl (C=O) groups excluding carboxylic acids is 2. The van der Waals surface area contributed by atoms with Gasteiger partial charge in [0.1, 0.15) is 11.2 Å². The van der Waals surface area contributed by atoms with Crippen LogP contribution in [0.3, 0.4) is 0 Å². The highest BCUT2D eigenvalue weighted by Crippen LogP contribution is 2.31. The van der Waals surface area contributed by atoms with Crippen molar-refractivity contribution in [2.24, 2.45) is 0 Å². The molecule has 0 bridgehead atoms. The fourth-order valence-electron chi connectivity index (χ4n) is 5.04. The van der Waals surface area contributed by atoms with Gasteiger partial charge in [-0.25, -0.2) is 0 Å². The van der Waals surface area contributed by atoms with Gasteiger partial charge in [0.05, 0.1) is 0 Å². The first-order chi connectivity index (χ1) is 17.5. The normalized spacial score (nSPS) is 13.1. The van der Waals surface area contributed by atoms with Gasteiger partial charge in [0.15, 0.2) is 0 Å². The van der Waals surface area contributed by atoms with Crippen molar-refractivity contribution in [2.75, 3.05) is 11.9 Å². The largest absolute Gasteiger partial charge is 0.456 e. The third-order valence-electron chi connectivity index (χ3n) is 6.85. The highest BCUT2D eigenvalue weighted by molar-refractivity contribution is 9.10. The predicted molar refractivity (Wildman–Crippen MR) is 145 cm³/mol. The van der Waals surface area contributed by atoms with E-state index in [9.17, 15) is 9.59 Å². The Morgan fingerprint density at radius 3 is 2.58 bits per heavy atom. The first-order valence-electron chi connectivity index (χ1n) is 11.9. The van der Waals surface area contributed by atoms with Crippen LogP contribution in [0.5, 0.6) is 0 Å². The predicted octanol–water partition coefficient (Wildman–Crippen LogP) is 7.11. The van der Waals surface area contributed by atoms with Gasteiger partial charge in [-0.05, 0) is 78.6 Å². The van der Waals surface area contributed by atoms with Crippen molar-refractivity contribution in [3.63, 3.8) is 0 Å². The third-order valence-corrected chi connectivity index (χ3v) is 7.34. The molecule has 0 spiro atoms. The Bertz CT molecular complexity index is 1670. The van der Waals surface area contributed by atoms with Gasteiger partial charge in [0.25, 0.3) is 11.8 Å². The SMILES string of the molecule is Cc1cc(Br)ccc1C(=O)N1CCc2c(cccc2C(=O)Nc2ccc3oc4ccccc4c3c2)C1. The number of hydrogen-bond acceptors (Lipinski definition) is 3. The summed E-state index contributed by atoms with van der Waals surface area (Å²) in [6.45, 7) is 3.00. The van der Waals surface area contributed by atoms with Crippen molar-refractivity contribution >= 4 is 55.4 Å². The number of furan rings is 1. The van der Waals surface area contributed by atoms with E-state index in [-0.39, 0.29) is 11.8 Å². The summed E-state index contributed by atoms with van der Waals surface area (Å²) in [6, 6.07) is 25.0. The first-order valence-corrected chi connectivity index (χ1v) is 12.7. The molecule has 0 aliphatic carbocycles. The Morgan fingerprint density at radius 1 is 0.889 bits per heavy atom. The molecule has 5 nitrogen and oxygen atoms in total. The van der Waals surface area contributed by atoms with Crippen LogP contribution < -0.4 is 5.32 Å². The van der Waals surface area contributed by atoms with Crippen LogP contribution in [-0.4, -0.2) is 23.3 Å². The summed E-state index contributed by atoms with van der Waals surface area (Å²) in [5.74, 6) is -0.135. The van der Waals surface area contributed by atoms with E-state index in [0.717, 1.165) is 48.8 Å². The molecule has 1 N–H and O–H groups in total. The zero-order chi connectivity index (χ0) is 24.8. The second-order valence-electron chi connectivity index (χ2n) is 9.14. The molecule has 0 radical (unpaired) electrons. The maximum atomic E-state index is 13.3. The molecule has 0 unspecified atom stereocenters. The molecule has 0 saturated heterocycles. The number of amides is 2. The molecular weight excluding hydrogens is 516 g/mol. The number of nitrogens with zero attached hydrogens (tertiary/aromatic N) is 1. The molecule has 1 aliphatic rings. The van der Waals surface area contributed by atoms with Crippen molar-refractivity contribution < 1.29 is 14.0 Å². The molecule has 0 atom stereocenters. The van der Waals surface area contributed by atoms with Crippen LogP contribution in [0.2, 0.25) is 0 Å². The number of hydrogen-bond donors (Lipinski definition) is 1. The van der Waals surface area contributed by atoms with E-state index in [1.54, 1.807) is 0 Å². The van der Waals surface area contributed by atoms with E-state index in [4.69, 9.17) is 4.42 Å². The van der Waals surface area contributed by atoms with Gasteiger partial charge in [-0.15, -0.1) is 0 Å². The molecule has 0 fully saturated rings. The molecule has 1 aliphatic heterocycles. The Balaban J connectivity index is 1.25. The fourth-order valence-corrected chi connectivity index (χ4v) is 5.51. The Morgan fingerprint density at radius 2 is 1.72 bits per heavy atom. The molecule has 5 aromatic rings. The molecule has 4 aromatic carbocycles. The van der Waals surface area contributed by atoms with Crippen molar-refractivity contribution in [3.8, 4) is 0 Å². The van der Waals surface area contributed by atoms with E-state index in [0.29, 0.717) is 30.6 Å². The quantitative estimate of drug-likeness (QED) is 0.266. The second-order valence-corrected chi connectivity index (χ2v) is 10.1. The zero-order valence-corrected chi connectivity index (χ0v) is 21.3. The number of anilines is 1. The standard InChI is InChI=1S/C30H23BrN2O3/c1-18-15-20(31)9-11-22(18)30(35)33-14-13-23-19(17-33)5-4-7-25(23)29(34)32-21-10-12-28-26(16-21)24-6-2-3-8-27(24)36-28/h2-12,15-16H,13-14,17H2,1H3,(H,32,34). The van der Waals surface area contributed by atoms with Gasteiger partial charge in [-0.1, -0.05) is 46.3 Å². The second kappa shape index (κ2) is 8.95. The smallest absolute Gasteiger partial charge is 0.255 e. The van der Waals surface area contributed by atoms with Crippen molar-refractivity contribution in [1.29, 1.82) is 0 Å². The summed E-state index contributed by atoms with van der Waals surface area (Å²) in [6.07, 6.45) is 0.631. The first kappa shape index (κ1) is 22.6. The van der Waals surface area contributed by atoms with E-state index < -0.39 is 0 Å². The van der Waals surface area contributed by atoms with E-state index in [1.807, 2.05) is 90.7 Å². The van der Waals surface area contributed by atoms with Crippen LogP contribution in [-0.2, 0) is 13.0 Å². The summed E-state index contributed by atoms with van der Waals surface area (Å²) < 4.78 is 6.85. The minimum atomic E-state index is -0.150. The Kier molecular flexibility index (Phi) is 5.61. The van der Waals surface area contributed by atoms with Gasteiger partial charge in [-0.3, -0.25) is 9.59 Å². The molecule has 0 saturated carbocycles. The van der Waals surface area contributed by atoms with E-state index in [2.05, 4.69) is 21.2 Å².